The van der Waals surface area contributed by atoms with Gasteiger partial charge in [-0.25, -0.2) is 4.79 Å². The number of carbonyl (C=O) groups is 2. The van der Waals surface area contributed by atoms with Crippen molar-refractivity contribution in [2.45, 2.75) is 31.8 Å². The number of amides is 3. The van der Waals surface area contributed by atoms with E-state index >= 15 is 0 Å². The van der Waals surface area contributed by atoms with Crippen LogP contribution in [0.2, 0.25) is 0 Å². The van der Waals surface area contributed by atoms with E-state index in [1.165, 1.54) is 0 Å². The maximum atomic E-state index is 13.3. The highest BCUT2D eigenvalue weighted by atomic mass is 16.5. The fourth-order valence-corrected chi connectivity index (χ4v) is 4.41. The average Bonchev–Trinajstić information content (AvgIpc) is 3.46. The van der Waals surface area contributed by atoms with Crippen molar-refractivity contribution in [3.63, 3.8) is 0 Å². The molecular formula is C31H31N7O3. The molecular weight excluding hydrogens is 518 g/mol. The van der Waals surface area contributed by atoms with Gasteiger partial charge in [0.05, 0.1) is 11.4 Å². The number of ether oxygens (including phenoxy) is 1. The molecule has 10 nitrogen and oxygen atoms in total. The van der Waals surface area contributed by atoms with Crippen molar-refractivity contribution >= 4 is 34.6 Å². The second-order valence-corrected chi connectivity index (χ2v) is 9.57. The molecule has 0 bridgehead atoms. The molecule has 5 aromatic rings. The molecule has 2 aromatic heterocycles. The molecule has 0 spiro atoms. The van der Waals surface area contributed by atoms with Crippen LogP contribution in [0.5, 0.6) is 11.6 Å². The lowest BCUT2D eigenvalue weighted by atomic mass is 10.0. The van der Waals surface area contributed by atoms with Crippen LogP contribution in [0.4, 0.5) is 16.4 Å². The van der Waals surface area contributed by atoms with E-state index in [0.717, 1.165) is 11.1 Å². The Hall–Kier alpha value is -5.38. The van der Waals surface area contributed by atoms with E-state index < -0.39 is 12.1 Å². The lowest BCUT2D eigenvalue weighted by Gasteiger charge is -2.22. The molecule has 5 rings (SSSR count). The number of hydrogen-bond donors (Lipinski definition) is 5. The first-order valence-electron chi connectivity index (χ1n) is 13.3. The number of urea groups is 1. The van der Waals surface area contributed by atoms with Crippen LogP contribution in [0, 0.1) is 0 Å². The standard InChI is InChI=1S/C31H31N7O3/c1-20(22-10-6-3-7-11-22)34-28(39)26(17-12-21-8-4-2-5-9-21)36-31(40)35-23-13-15-24(16-14-23)41-29-25-18-19-33-27(25)37-30(32)38-29/h2-11,13-16,18-20,26H,12,17H2,1H3,(H,34,39)(H2,35,36,40)(H3,32,33,37,38)/t20-,26?/m1/s1. The van der Waals surface area contributed by atoms with Crippen molar-refractivity contribution in [2.24, 2.45) is 0 Å². The van der Waals surface area contributed by atoms with E-state index in [1.54, 1.807) is 36.5 Å². The van der Waals surface area contributed by atoms with Crippen LogP contribution in [0.25, 0.3) is 11.0 Å². The first-order valence-corrected chi connectivity index (χ1v) is 13.3. The van der Waals surface area contributed by atoms with Gasteiger partial charge in [0, 0.05) is 11.9 Å². The average molecular weight is 550 g/mol. The van der Waals surface area contributed by atoms with Crippen molar-refractivity contribution in [2.75, 3.05) is 11.1 Å². The second kappa shape index (κ2) is 12.6. The van der Waals surface area contributed by atoms with Gasteiger partial charge in [-0.1, -0.05) is 60.7 Å². The zero-order chi connectivity index (χ0) is 28.6. The third-order valence-electron chi connectivity index (χ3n) is 6.57. The molecule has 0 aliphatic heterocycles. The van der Waals surface area contributed by atoms with Crippen molar-refractivity contribution in [3.8, 4) is 11.6 Å². The number of nitrogens with two attached hydrogens (primary N) is 1. The second-order valence-electron chi connectivity index (χ2n) is 9.57. The number of rotatable bonds is 10. The first kappa shape index (κ1) is 27.2. The zero-order valence-corrected chi connectivity index (χ0v) is 22.5. The lowest BCUT2D eigenvalue weighted by Crippen LogP contribution is -2.48. The fourth-order valence-electron chi connectivity index (χ4n) is 4.41. The molecule has 0 fully saturated rings. The number of nitrogen functional groups attached to an aromatic ring is 1. The van der Waals surface area contributed by atoms with Gasteiger partial charge in [0.15, 0.2) is 0 Å². The molecule has 0 saturated heterocycles. The lowest BCUT2D eigenvalue weighted by molar-refractivity contribution is -0.123. The zero-order valence-electron chi connectivity index (χ0n) is 22.5. The van der Waals surface area contributed by atoms with E-state index in [4.69, 9.17) is 10.5 Å². The highest BCUT2D eigenvalue weighted by Gasteiger charge is 2.23. The van der Waals surface area contributed by atoms with Crippen molar-refractivity contribution in [3.05, 3.63) is 108 Å². The summed E-state index contributed by atoms with van der Waals surface area (Å²) in [5.41, 5.74) is 8.96. The Labute approximate surface area is 237 Å². The van der Waals surface area contributed by atoms with Gasteiger partial charge in [-0.2, -0.15) is 9.97 Å². The highest BCUT2D eigenvalue weighted by Crippen LogP contribution is 2.28. The number of nitrogens with zero attached hydrogens (tertiary/aromatic N) is 2. The van der Waals surface area contributed by atoms with Crippen LogP contribution < -0.4 is 26.4 Å². The molecule has 208 valence electrons. The molecule has 1 unspecified atom stereocenters. The summed E-state index contributed by atoms with van der Waals surface area (Å²) in [4.78, 5) is 37.5. The van der Waals surface area contributed by atoms with Crippen LogP contribution in [-0.4, -0.2) is 32.9 Å². The van der Waals surface area contributed by atoms with Crippen LogP contribution in [0.1, 0.15) is 30.5 Å². The molecule has 2 atom stereocenters. The van der Waals surface area contributed by atoms with Gasteiger partial charge >= 0.3 is 6.03 Å². The number of aromatic nitrogens is 3. The Morgan fingerprint density at radius 1 is 0.902 bits per heavy atom. The van der Waals surface area contributed by atoms with Gasteiger partial charge in [-0.15, -0.1) is 0 Å². The molecule has 0 radical (unpaired) electrons. The van der Waals surface area contributed by atoms with Crippen LogP contribution >= 0.6 is 0 Å². The molecule has 6 N–H and O–H groups in total. The maximum Gasteiger partial charge on any atom is 0.319 e. The molecule has 0 aliphatic carbocycles. The monoisotopic (exact) mass is 549 g/mol. The summed E-state index contributed by atoms with van der Waals surface area (Å²) in [7, 11) is 0. The van der Waals surface area contributed by atoms with E-state index in [0.29, 0.717) is 41.2 Å². The van der Waals surface area contributed by atoms with Gasteiger partial charge in [-0.3, -0.25) is 4.79 Å². The summed E-state index contributed by atoms with van der Waals surface area (Å²) in [5, 5.41) is 9.37. The van der Waals surface area contributed by atoms with Crippen molar-refractivity contribution in [1.29, 1.82) is 0 Å². The van der Waals surface area contributed by atoms with E-state index in [1.807, 2.05) is 67.6 Å². The number of hydrogen-bond acceptors (Lipinski definition) is 6. The van der Waals surface area contributed by atoms with Crippen LogP contribution in [-0.2, 0) is 11.2 Å². The molecule has 3 aromatic carbocycles. The topological polar surface area (TPSA) is 147 Å². The molecule has 2 heterocycles. The molecule has 41 heavy (non-hydrogen) atoms. The Kier molecular flexibility index (Phi) is 8.39. The van der Waals surface area contributed by atoms with Crippen molar-refractivity contribution in [1.82, 2.24) is 25.6 Å². The first-order chi connectivity index (χ1) is 19.9. The highest BCUT2D eigenvalue weighted by molar-refractivity contribution is 5.94. The number of aromatic amines is 1. The van der Waals surface area contributed by atoms with Gasteiger partial charge in [0.1, 0.15) is 17.4 Å². The predicted molar refractivity (Wildman–Crippen MR) is 159 cm³/mol. The number of benzene rings is 3. The Morgan fingerprint density at radius 3 is 2.34 bits per heavy atom. The number of H-pyrrole nitrogens is 1. The third kappa shape index (κ3) is 7.18. The number of fused-ring (bicyclic) bond motifs is 1. The van der Waals surface area contributed by atoms with Crippen LogP contribution in [0.15, 0.2) is 97.2 Å². The summed E-state index contributed by atoms with van der Waals surface area (Å²) in [6, 6.07) is 26.7. The Morgan fingerprint density at radius 2 is 1.61 bits per heavy atom. The minimum Gasteiger partial charge on any atom is -0.438 e. The summed E-state index contributed by atoms with van der Waals surface area (Å²) in [5.74, 6) is 0.668. The number of aryl methyl sites for hydroxylation is 1. The smallest absolute Gasteiger partial charge is 0.319 e. The summed E-state index contributed by atoms with van der Waals surface area (Å²) >= 11 is 0. The fraction of sp³-hybridized carbons (Fsp3) is 0.161. The summed E-state index contributed by atoms with van der Waals surface area (Å²) in [6.07, 6.45) is 2.80. The van der Waals surface area contributed by atoms with Gasteiger partial charge in [0.25, 0.3) is 0 Å². The quantitative estimate of drug-likeness (QED) is 0.159. The van der Waals surface area contributed by atoms with Gasteiger partial charge < -0.3 is 31.4 Å². The maximum absolute atomic E-state index is 13.3. The Bertz CT molecular complexity index is 1610. The molecule has 0 aliphatic rings. The molecule has 10 heteroatoms. The molecule has 3 amide bonds. The van der Waals surface area contributed by atoms with E-state index in [-0.39, 0.29) is 17.9 Å². The minimum absolute atomic E-state index is 0.0916. The number of carbonyl (C=O) groups excluding carboxylic acids is 2. The third-order valence-corrected chi connectivity index (χ3v) is 6.57. The van der Waals surface area contributed by atoms with Gasteiger partial charge in [-0.05, 0) is 61.2 Å². The predicted octanol–water partition coefficient (Wildman–Crippen LogP) is 5.33. The van der Waals surface area contributed by atoms with E-state index in [9.17, 15) is 9.59 Å². The van der Waals surface area contributed by atoms with Crippen LogP contribution in [0.3, 0.4) is 0 Å². The molecule has 0 saturated carbocycles. The summed E-state index contributed by atoms with van der Waals surface area (Å²) < 4.78 is 5.90. The minimum atomic E-state index is -0.740. The summed E-state index contributed by atoms with van der Waals surface area (Å²) in [6.45, 7) is 1.92. The Balaban J connectivity index is 1.22. The number of anilines is 2. The number of nitrogens with one attached hydrogen (secondary N) is 4. The largest absolute Gasteiger partial charge is 0.438 e. The normalized spacial score (nSPS) is 12.3. The van der Waals surface area contributed by atoms with E-state index in [2.05, 4.69) is 30.9 Å². The SMILES string of the molecule is C[C@@H](NC(=O)C(CCc1ccccc1)NC(=O)Nc1ccc(Oc2nc(N)nc3[nH]ccc23)cc1)c1ccccc1. The van der Waals surface area contributed by atoms with Crippen molar-refractivity contribution < 1.29 is 14.3 Å². The van der Waals surface area contributed by atoms with Gasteiger partial charge in [0.2, 0.25) is 17.7 Å².